The third-order valence-electron chi connectivity index (χ3n) is 11.7. The van der Waals surface area contributed by atoms with Gasteiger partial charge in [-0.2, -0.15) is 0 Å². The van der Waals surface area contributed by atoms with Crippen LogP contribution in [0, 0.1) is 0 Å². The summed E-state index contributed by atoms with van der Waals surface area (Å²) in [6.07, 6.45) is 0. The van der Waals surface area contributed by atoms with Gasteiger partial charge in [-0.15, -0.1) is 0 Å². The average Bonchev–Trinajstić information content (AvgIpc) is 3.94. The Labute approximate surface area is 328 Å². The fourth-order valence-electron chi connectivity index (χ4n) is 9.00. The van der Waals surface area contributed by atoms with Crippen LogP contribution in [0.15, 0.2) is 211 Å². The molecule has 0 aliphatic carbocycles. The molecular formula is C54H34N2O. The normalized spacial score (nSPS) is 11.9. The zero-order valence-electron chi connectivity index (χ0n) is 30.9. The van der Waals surface area contributed by atoms with Crippen LogP contribution in [0.3, 0.4) is 0 Å². The van der Waals surface area contributed by atoms with Crippen molar-refractivity contribution in [1.29, 1.82) is 0 Å². The molecule has 0 N–H and O–H groups in total. The van der Waals surface area contributed by atoms with Crippen LogP contribution in [-0.2, 0) is 0 Å². The fourth-order valence-corrected chi connectivity index (χ4v) is 9.00. The maximum Gasteiger partial charge on any atom is 0.136 e. The first-order chi connectivity index (χ1) is 28.2. The lowest BCUT2D eigenvalue weighted by molar-refractivity contribution is 0.669. The molecule has 0 unspecified atom stereocenters. The second kappa shape index (κ2) is 12.5. The van der Waals surface area contributed by atoms with Gasteiger partial charge in [0.15, 0.2) is 0 Å². The first-order valence-electron chi connectivity index (χ1n) is 19.5. The summed E-state index contributed by atoms with van der Waals surface area (Å²) in [5, 5.41) is 7.28. The number of fused-ring (bicyclic) bond motifs is 9. The predicted octanol–water partition coefficient (Wildman–Crippen LogP) is 14.8. The van der Waals surface area contributed by atoms with Crippen LogP contribution in [0.25, 0.3) is 110 Å². The van der Waals surface area contributed by atoms with Gasteiger partial charge in [0.2, 0.25) is 0 Å². The summed E-state index contributed by atoms with van der Waals surface area (Å²) >= 11 is 0. The molecule has 12 rings (SSSR count). The lowest BCUT2D eigenvalue weighted by atomic mass is 10.0. The molecule has 0 saturated carbocycles. The molecule has 0 spiro atoms. The zero-order chi connectivity index (χ0) is 37.5. The van der Waals surface area contributed by atoms with Gasteiger partial charge in [-0.1, -0.05) is 133 Å². The molecule has 3 heteroatoms. The van der Waals surface area contributed by atoms with Gasteiger partial charge in [-0.05, 0) is 106 Å². The number of furan rings is 1. The quantitative estimate of drug-likeness (QED) is 0.173. The zero-order valence-corrected chi connectivity index (χ0v) is 30.9. The van der Waals surface area contributed by atoms with Gasteiger partial charge < -0.3 is 13.6 Å². The molecule has 0 radical (unpaired) electrons. The molecule has 0 fully saturated rings. The van der Waals surface area contributed by atoms with Gasteiger partial charge in [0.25, 0.3) is 0 Å². The number of aromatic nitrogens is 2. The molecule has 0 atom stereocenters. The van der Waals surface area contributed by atoms with Crippen LogP contribution in [-0.4, -0.2) is 9.13 Å². The van der Waals surface area contributed by atoms with E-state index in [0.29, 0.717) is 0 Å². The topological polar surface area (TPSA) is 23.0 Å². The molecule has 12 aromatic rings. The molecule has 0 aliphatic heterocycles. The lowest BCUT2D eigenvalue weighted by Gasteiger charge is -2.11. The second-order valence-electron chi connectivity index (χ2n) is 14.9. The molecule has 0 saturated heterocycles. The summed E-state index contributed by atoms with van der Waals surface area (Å²) in [6, 6.07) is 74.5. The number of hydrogen-bond acceptors (Lipinski definition) is 1. The first-order valence-corrected chi connectivity index (χ1v) is 19.5. The van der Waals surface area contributed by atoms with Crippen LogP contribution in [0.1, 0.15) is 0 Å². The molecule has 0 bridgehead atoms. The van der Waals surface area contributed by atoms with E-state index in [1.807, 2.05) is 12.1 Å². The van der Waals surface area contributed by atoms with E-state index in [2.05, 4.69) is 203 Å². The molecule has 0 amide bonds. The SMILES string of the molecule is c1ccc(-c2ccc(-n3c4ccccc4c4ccc(-c5ccc6c(c5)c5ccccc5n6-c5ccc(-c6ccc7c(c6)oc6ccccc67)cc5)cc43)cc2)cc1. The third-order valence-corrected chi connectivity index (χ3v) is 11.7. The fraction of sp³-hybridized carbons (Fsp3) is 0. The van der Waals surface area contributed by atoms with Gasteiger partial charge >= 0.3 is 0 Å². The van der Waals surface area contributed by atoms with Crippen molar-refractivity contribution >= 4 is 65.6 Å². The highest BCUT2D eigenvalue weighted by molar-refractivity contribution is 6.12. The molecule has 57 heavy (non-hydrogen) atoms. The Kier molecular flexibility index (Phi) is 6.93. The monoisotopic (exact) mass is 726 g/mol. The van der Waals surface area contributed by atoms with Crippen molar-refractivity contribution in [3.05, 3.63) is 206 Å². The van der Waals surface area contributed by atoms with Crippen molar-refractivity contribution in [2.24, 2.45) is 0 Å². The van der Waals surface area contributed by atoms with Crippen molar-refractivity contribution < 1.29 is 4.42 Å². The summed E-state index contributed by atoms with van der Waals surface area (Å²) in [5.74, 6) is 0. The Morgan fingerprint density at radius 1 is 0.246 bits per heavy atom. The Morgan fingerprint density at radius 3 is 1.40 bits per heavy atom. The van der Waals surface area contributed by atoms with Gasteiger partial charge in [-0.25, -0.2) is 0 Å². The van der Waals surface area contributed by atoms with Crippen LogP contribution in [0.2, 0.25) is 0 Å². The lowest BCUT2D eigenvalue weighted by Crippen LogP contribution is -1.94. The van der Waals surface area contributed by atoms with E-state index in [9.17, 15) is 0 Å². The van der Waals surface area contributed by atoms with Crippen molar-refractivity contribution in [2.75, 3.05) is 0 Å². The Balaban J connectivity index is 0.948. The van der Waals surface area contributed by atoms with Crippen LogP contribution < -0.4 is 0 Å². The van der Waals surface area contributed by atoms with Gasteiger partial charge in [-0.3, -0.25) is 0 Å². The van der Waals surface area contributed by atoms with Crippen molar-refractivity contribution in [1.82, 2.24) is 9.13 Å². The van der Waals surface area contributed by atoms with E-state index in [-0.39, 0.29) is 0 Å². The van der Waals surface area contributed by atoms with Crippen LogP contribution >= 0.6 is 0 Å². The average molecular weight is 727 g/mol. The van der Waals surface area contributed by atoms with Gasteiger partial charge in [0.05, 0.1) is 22.1 Å². The maximum atomic E-state index is 6.21. The highest BCUT2D eigenvalue weighted by Crippen LogP contribution is 2.39. The van der Waals surface area contributed by atoms with E-state index >= 15 is 0 Å². The number of para-hydroxylation sites is 3. The van der Waals surface area contributed by atoms with Crippen molar-refractivity contribution in [2.45, 2.75) is 0 Å². The number of hydrogen-bond donors (Lipinski definition) is 0. The van der Waals surface area contributed by atoms with Gasteiger partial charge in [0, 0.05) is 43.7 Å². The Hall–Kier alpha value is -7.62. The van der Waals surface area contributed by atoms with Crippen LogP contribution in [0.4, 0.5) is 0 Å². The minimum absolute atomic E-state index is 0.911. The summed E-state index contributed by atoms with van der Waals surface area (Å²) in [7, 11) is 0. The molecule has 266 valence electrons. The maximum absolute atomic E-state index is 6.21. The second-order valence-corrected chi connectivity index (χ2v) is 14.9. The molecule has 3 aromatic heterocycles. The minimum Gasteiger partial charge on any atom is -0.456 e. The highest BCUT2D eigenvalue weighted by atomic mass is 16.3. The molecule has 3 nitrogen and oxygen atoms in total. The predicted molar refractivity (Wildman–Crippen MR) is 239 cm³/mol. The van der Waals surface area contributed by atoms with Gasteiger partial charge in [0.1, 0.15) is 11.2 Å². The molecule has 0 aliphatic rings. The highest BCUT2D eigenvalue weighted by Gasteiger charge is 2.17. The van der Waals surface area contributed by atoms with E-state index in [4.69, 9.17) is 4.42 Å². The largest absolute Gasteiger partial charge is 0.456 e. The number of nitrogens with zero attached hydrogens (tertiary/aromatic N) is 2. The smallest absolute Gasteiger partial charge is 0.136 e. The van der Waals surface area contributed by atoms with E-state index in [0.717, 1.165) is 44.4 Å². The Morgan fingerprint density at radius 2 is 0.684 bits per heavy atom. The summed E-state index contributed by atoms with van der Waals surface area (Å²) in [4.78, 5) is 0. The molecule has 3 heterocycles. The molecular weight excluding hydrogens is 693 g/mol. The number of rotatable bonds is 5. The first kappa shape index (κ1) is 31.7. The summed E-state index contributed by atoms with van der Waals surface area (Å²) in [5.41, 5.74) is 16.0. The van der Waals surface area contributed by atoms with Crippen molar-refractivity contribution in [3.63, 3.8) is 0 Å². The Bertz CT molecular complexity index is 3490. The van der Waals surface area contributed by atoms with Crippen LogP contribution in [0.5, 0.6) is 0 Å². The van der Waals surface area contributed by atoms with E-state index in [1.165, 1.54) is 65.9 Å². The summed E-state index contributed by atoms with van der Waals surface area (Å²) in [6.45, 7) is 0. The standard InChI is InChI=1S/C54H34N2O/c1-2-10-35(11-3-1)36-18-25-42(26-19-36)56-49-15-7-4-12-43(49)45-29-22-39(33-52(45)56)38-24-31-51-48(32-38)44-13-5-8-16-50(44)55(51)41-27-20-37(21-28-41)40-23-30-47-46-14-6-9-17-53(46)57-54(47)34-40/h1-34H. The number of benzene rings is 9. The van der Waals surface area contributed by atoms with Crippen molar-refractivity contribution in [3.8, 4) is 44.8 Å². The molecule has 9 aromatic carbocycles. The third kappa shape index (κ3) is 4.99. The minimum atomic E-state index is 0.911. The van der Waals surface area contributed by atoms with E-state index in [1.54, 1.807) is 0 Å². The van der Waals surface area contributed by atoms with E-state index < -0.39 is 0 Å². The summed E-state index contributed by atoms with van der Waals surface area (Å²) < 4.78 is 11.0.